The van der Waals surface area contributed by atoms with Crippen LogP contribution in [0.5, 0.6) is 11.5 Å². The van der Waals surface area contributed by atoms with Crippen LogP contribution in [0.25, 0.3) is 0 Å². The van der Waals surface area contributed by atoms with Crippen LogP contribution in [0.4, 0.5) is 0 Å². The van der Waals surface area contributed by atoms with Gasteiger partial charge in [-0.3, -0.25) is 0 Å². The van der Waals surface area contributed by atoms with E-state index in [2.05, 4.69) is 36.2 Å². The molecule has 2 aliphatic heterocycles. The number of aliphatic hydroxyl groups is 1. The molecule has 6 atom stereocenters. The Labute approximate surface area is 172 Å². The first-order valence-corrected chi connectivity index (χ1v) is 10.8. The number of likely N-dealkylation sites (tertiary alicyclic amines) is 1. The lowest BCUT2D eigenvalue weighted by atomic mass is 9.36. The molecule has 29 heavy (non-hydrogen) atoms. The van der Waals surface area contributed by atoms with Crippen molar-refractivity contribution in [3.05, 3.63) is 35.4 Å². The van der Waals surface area contributed by atoms with Crippen molar-refractivity contribution in [2.75, 3.05) is 27.8 Å². The van der Waals surface area contributed by atoms with Crippen molar-refractivity contribution in [1.29, 1.82) is 0 Å². The number of fused-ring (bicyclic) bond motifs is 1. The summed E-state index contributed by atoms with van der Waals surface area (Å²) in [6.45, 7) is 4.89. The molecule has 1 aromatic carbocycles. The molecule has 1 aromatic rings. The van der Waals surface area contributed by atoms with E-state index in [0.29, 0.717) is 6.04 Å². The third-order valence-electron chi connectivity index (χ3n) is 9.13. The summed E-state index contributed by atoms with van der Waals surface area (Å²) in [5.41, 5.74) is 1.02. The quantitative estimate of drug-likeness (QED) is 0.795. The second-order valence-corrected chi connectivity index (χ2v) is 10.4. The first kappa shape index (κ1) is 18.2. The van der Waals surface area contributed by atoms with E-state index in [1.807, 2.05) is 13.8 Å². The van der Waals surface area contributed by atoms with Gasteiger partial charge in [-0.1, -0.05) is 18.2 Å². The van der Waals surface area contributed by atoms with Crippen LogP contribution in [0.3, 0.4) is 0 Å². The summed E-state index contributed by atoms with van der Waals surface area (Å²) in [6, 6.07) is 4.69. The van der Waals surface area contributed by atoms with Gasteiger partial charge in [-0.2, -0.15) is 0 Å². The van der Waals surface area contributed by atoms with Crippen molar-refractivity contribution in [3.8, 4) is 11.5 Å². The van der Waals surface area contributed by atoms with E-state index in [1.54, 1.807) is 14.2 Å². The molecule has 2 spiro atoms. The maximum Gasteiger partial charge on any atom is 0.166 e. The number of piperidine rings is 1. The van der Waals surface area contributed by atoms with Crippen molar-refractivity contribution in [2.45, 2.75) is 61.9 Å². The monoisotopic (exact) mass is 397 g/mol. The number of hydrogen-bond donors (Lipinski definition) is 1. The minimum absolute atomic E-state index is 0.0426. The van der Waals surface area contributed by atoms with Gasteiger partial charge < -0.3 is 24.2 Å². The molecule has 4 aliphatic carbocycles. The van der Waals surface area contributed by atoms with Gasteiger partial charge in [0, 0.05) is 30.0 Å². The van der Waals surface area contributed by atoms with Gasteiger partial charge in [-0.15, -0.1) is 0 Å². The Hall–Kier alpha value is -1.56. The van der Waals surface area contributed by atoms with Crippen molar-refractivity contribution in [1.82, 2.24) is 4.90 Å². The van der Waals surface area contributed by atoms with Crippen LogP contribution in [0, 0.1) is 11.3 Å². The van der Waals surface area contributed by atoms with Crippen LogP contribution in [0.15, 0.2) is 24.3 Å². The minimum atomic E-state index is -0.870. The lowest BCUT2D eigenvalue weighted by molar-refractivity contribution is -0.243. The van der Waals surface area contributed by atoms with Crippen molar-refractivity contribution in [3.63, 3.8) is 0 Å². The summed E-state index contributed by atoms with van der Waals surface area (Å²) in [7, 11) is 5.75. The number of nitrogens with zero attached hydrogens (tertiary/aromatic N) is 1. The van der Waals surface area contributed by atoms with Gasteiger partial charge >= 0.3 is 0 Å². The molecule has 5 nitrogen and oxygen atoms in total. The second-order valence-electron chi connectivity index (χ2n) is 10.4. The molecule has 1 saturated carbocycles. The van der Waals surface area contributed by atoms with Crippen molar-refractivity contribution < 1.29 is 19.3 Å². The largest absolute Gasteiger partial charge is 0.493 e. The number of likely N-dealkylation sites (N-methyl/N-ethyl adjacent to an activating group) is 1. The van der Waals surface area contributed by atoms with Crippen LogP contribution < -0.4 is 9.47 Å². The number of ether oxygens (including phenoxy) is 3. The maximum atomic E-state index is 11.2. The standard InChI is InChI=1S/C24H31NO4/c1-21(2,26)16-13-22-8-9-24(16,28-5)20-23(22)10-11-25(3)17(22)12-14-6-7-15(27-4)19(29-20)18(14)23/h6-9,16-17,20,26H,10-13H2,1-5H3/t16?,17?,20?,22?,23-,24?/m0/s1. The fourth-order valence-electron chi connectivity index (χ4n) is 8.01. The minimum Gasteiger partial charge on any atom is -0.493 e. The molecular weight excluding hydrogens is 366 g/mol. The van der Waals surface area contributed by atoms with Gasteiger partial charge in [0.2, 0.25) is 0 Å². The first-order valence-electron chi connectivity index (χ1n) is 10.8. The molecular formula is C24H31NO4. The lowest BCUT2D eigenvalue weighted by Crippen LogP contribution is -2.80. The molecule has 6 aliphatic rings. The molecule has 4 bridgehead atoms. The van der Waals surface area contributed by atoms with E-state index in [9.17, 15) is 5.11 Å². The van der Waals surface area contributed by atoms with Crippen LogP contribution in [0.1, 0.15) is 37.8 Å². The summed E-state index contributed by atoms with van der Waals surface area (Å²) in [5, 5.41) is 11.2. The Kier molecular flexibility index (Phi) is 3.26. The third kappa shape index (κ3) is 1.73. The number of methoxy groups -OCH3 is 2. The summed E-state index contributed by atoms with van der Waals surface area (Å²) in [4.78, 5) is 2.53. The Morgan fingerprint density at radius 3 is 2.72 bits per heavy atom. The molecule has 0 radical (unpaired) electrons. The van der Waals surface area contributed by atoms with E-state index >= 15 is 0 Å². The van der Waals surface area contributed by atoms with Gasteiger partial charge in [0.25, 0.3) is 0 Å². The fraction of sp³-hybridized carbons (Fsp3) is 0.667. The highest BCUT2D eigenvalue weighted by molar-refractivity contribution is 5.65. The Balaban J connectivity index is 1.71. The van der Waals surface area contributed by atoms with E-state index in [-0.39, 0.29) is 22.9 Å². The summed E-state index contributed by atoms with van der Waals surface area (Å²) >= 11 is 0. The molecule has 0 aromatic heterocycles. The smallest absolute Gasteiger partial charge is 0.166 e. The second kappa shape index (κ2) is 5.19. The molecule has 1 saturated heterocycles. The van der Waals surface area contributed by atoms with Gasteiger partial charge in [0.1, 0.15) is 11.7 Å². The zero-order valence-corrected chi connectivity index (χ0v) is 18.0. The molecule has 156 valence electrons. The van der Waals surface area contributed by atoms with Crippen molar-refractivity contribution in [2.24, 2.45) is 11.3 Å². The highest BCUT2D eigenvalue weighted by atomic mass is 16.6. The summed E-state index contributed by atoms with van der Waals surface area (Å²) in [6.07, 6.45) is 7.46. The third-order valence-corrected chi connectivity index (χ3v) is 9.13. The van der Waals surface area contributed by atoms with Crippen LogP contribution in [0.2, 0.25) is 0 Å². The molecule has 5 heteroatoms. The first-order chi connectivity index (χ1) is 13.7. The van der Waals surface area contributed by atoms with Gasteiger partial charge in [0.15, 0.2) is 11.5 Å². The summed E-state index contributed by atoms with van der Waals surface area (Å²) < 4.78 is 18.9. The lowest BCUT2D eigenvalue weighted by Gasteiger charge is -2.72. The zero-order chi connectivity index (χ0) is 20.4. The molecule has 0 amide bonds. The Bertz CT molecular complexity index is 936. The molecule has 1 N–H and O–H groups in total. The maximum absolute atomic E-state index is 11.2. The average molecular weight is 398 g/mol. The van der Waals surface area contributed by atoms with Gasteiger partial charge in [-0.05, 0) is 58.3 Å². The highest BCUT2D eigenvalue weighted by Crippen LogP contribution is 2.75. The number of rotatable bonds is 3. The SMILES string of the molecule is COc1ccc2c3c1OC1C4(OC)C=CC5(CC4C(C)(C)O)C(C2)N(C)CC[C@]315. The van der Waals surface area contributed by atoms with E-state index < -0.39 is 11.2 Å². The zero-order valence-electron chi connectivity index (χ0n) is 18.0. The topological polar surface area (TPSA) is 51.2 Å². The van der Waals surface area contributed by atoms with Crippen molar-refractivity contribution >= 4 is 0 Å². The Morgan fingerprint density at radius 2 is 2.03 bits per heavy atom. The molecule has 2 heterocycles. The molecule has 7 rings (SSSR count). The van der Waals surface area contributed by atoms with Gasteiger partial charge in [-0.25, -0.2) is 0 Å². The van der Waals surface area contributed by atoms with Crippen LogP contribution in [-0.4, -0.2) is 61.2 Å². The molecule has 5 unspecified atom stereocenters. The van der Waals surface area contributed by atoms with E-state index in [1.165, 1.54) is 11.1 Å². The average Bonchev–Trinajstić information content (AvgIpc) is 3.06. The highest BCUT2D eigenvalue weighted by Gasteiger charge is 2.80. The van der Waals surface area contributed by atoms with E-state index in [4.69, 9.17) is 14.2 Å². The number of benzene rings is 1. The van der Waals surface area contributed by atoms with Gasteiger partial charge in [0.05, 0.1) is 18.1 Å². The normalized spacial score (nSPS) is 43.9. The predicted molar refractivity (Wildman–Crippen MR) is 110 cm³/mol. The number of hydrogen-bond acceptors (Lipinski definition) is 5. The predicted octanol–water partition coefficient (Wildman–Crippen LogP) is 2.69. The van der Waals surface area contributed by atoms with Crippen LogP contribution >= 0.6 is 0 Å². The summed E-state index contributed by atoms with van der Waals surface area (Å²) in [5.74, 6) is 1.67. The fourth-order valence-corrected chi connectivity index (χ4v) is 8.01. The Morgan fingerprint density at radius 1 is 1.24 bits per heavy atom. The molecule has 2 fully saturated rings. The van der Waals surface area contributed by atoms with Crippen LogP contribution in [-0.2, 0) is 16.6 Å². The van der Waals surface area contributed by atoms with E-state index in [0.717, 1.165) is 37.3 Å².